The van der Waals surface area contributed by atoms with E-state index in [-0.39, 0.29) is 12.4 Å². The molecule has 0 aromatic carbocycles. The first-order valence-corrected chi connectivity index (χ1v) is 7.17. The summed E-state index contributed by atoms with van der Waals surface area (Å²) in [6, 6.07) is 4.81. The van der Waals surface area contributed by atoms with Gasteiger partial charge in [0.05, 0.1) is 4.34 Å². The van der Waals surface area contributed by atoms with Gasteiger partial charge in [-0.1, -0.05) is 18.0 Å². The van der Waals surface area contributed by atoms with E-state index in [1.54, 1.807) is 11.3 Å². The molecule has 17 heavy (non-hydrogen) atoms. The second kappa shape index (κ2) is 7.59. The van der Waals surface area contributed by atoms with Gasteiger partial charge in [-0.05, 0) is 44.5 Å². The minimum atomic E-state index is 0. The minimum absolute atomic E-state index is 0. The van der Waals surface area contributed by atoms with Crippen molar-refractivity contribution < 1.29 is 0 Å². The van der Waals surface area contributed by atoms with E-state index in [1.165, 1.54) is 30.7 Å². The minimum Gasteiger partial charge on any atom is -0.330 e. The van der Waals surface area contributed by atoms with E-state index in [9.17, 15) is 0 Å². The van der Waals surface area contributed by atoms with Gasteiger partial charge in [-0.15, -0.1) is 23.7 Å². The summed E-state index contributed by atoms with van der Waals surface area (Å²) in [7, 11) is 0. The van der Waals surface area contributed by atoms with Gasteiger partial charge in [0.15, 0.2) is 0 Å². The molecule has 1 aliphatic rings. The maximum Gasteiger partial charge on any atom is 0.0931 e. The topological polar surface area (TPSA) is 29.3 Å². The molecule has 0 spiro atoms. The molecule has 2 nitrogen and oxygen atoms in total. The summed E-state index contributed by atoms with van der Waals surface area (Å²) in [6.07, 6.45) is 5.10. The molecule has 1 atom stereocenters. The van der Waals surface area contributed by atoms with Gasteiger partial charge in [-0.3, -0.25) is 4.90 Å². The third-order valence-corrected chi connectivity index (χ3v) is 4.45. The summed E-state index contributed by atoms with van der Waals surface area (Å²) in [5, 5.41) is 0. The molecule has 0 aliphatic carbocycles. The molecule has 2 rings (SSSR count). The number of hydrogen-bond donors (Lipinski definition) is 1. The van der Waals surface area contributed by atoms with Crippen molar-refractivity contribution in [1.29, 1.82) is 0 Å². The average molecular weight is 295 g/mol. The summed E-state index contributed by atoms with van der Waals surface area (Å²) in [5.41, 5.74) is 5.67. The predicted molar refractivity (Wildman–Crippen MR) is 78.3 cm³/mol. The van der Waals surface area contributed by atoms with Crippen LogP contribution in [0.5, 0.6) is 0 Å². The molecular formula is C12H20Cl2N2S. The van der Waals surface area contributed by atoms with Crippen LogP contribution in [0.1, 0.15) is 30.6 Å². The fourth-order valence-electron chi connectivity index (χ4n) is 2.42. The molecular weight excluding hydrogens is 275 g/mol. The van der Waals surface area contributed by atoms with Crippen molar-refractivity contribution in [1.82, 2.24) is 4.90 Å². The van der Waals surface area contributed by atoms with Crippen LogP contribution < -0.4 is 5.73 Å². The number of likely N-dealkylation sites (tertiary alicyclic amines) is 1. The summed E-state index contributed by atoms with van der Waals surface area (Å²) < 4.78 is 0.891. The van der Waals surface area contributed by atoms with E-state index in [0.717, 1.165) is 23.8 Å². The Hall–Kier alpha value is 0.200. The average Bonchev–Trinajstić information content (AvgIpc) is 2.67. The Morgan fingerprint density at radius 2 is 2.24 bits per heavy atom. The molecule has 1 unspecified atom stereocenters. The fraction of sp³-hybridized carbons (Fsp3) is 0.667. The van der Waals surface area contributed by atoms with Crippen LogP contribution in [0.4, 0.5) is 0 Å². The zero-order valence-electron chi connectivity index (χ0n) is 9.90. The van der Waals surface area contributed by atoms with Gasteiger partial charge in [0, 0.05) is 17.5 Å². The fourth-order valence-corrected chi connectivity index (χ4v) is 3.54. The zero-order chi connectivity index (χ0) is 11.4. The first-order chi connectivity index (χ1) is 7.79. The molecule has 1 fully saturated rings. The maximum atomic E-state index is 5.96. The Labute approximate surface area is 119 Å². The molecule has 2 heterocycles. The number of nitrogens with zero attached hydrogens (tertiary/aromatic N) is 1. The summed E-state index contributed by atoms with van der Waals surface area (Å²) in [4.78, 5) is 3.94. The van der Waals surface area contributed by atoms with Gasteiger partial charge in [-0.2, -0.15) is 0 Å². The highest BCUT2D eigenvalue weighted by atomic mass is 35.5. The largest absolute Gasteiger partial charge is 0.330 e. The maximum absolute atomic E-state index is 5.96. The Balaban J connectivity index is 0.00000144. The number of thiophene rings is 1. The summed E-state index contributed by atoms with van der Waals surface area (Å²) in [5.74, 6) is 0. The Morgan fingerprint density at radius 3 is 2.88 bits per heavy atom. The van der Waals surface area contributed by atoms with E-state index >= 15 is 0 Å². The van der Waals surface area contributed by atoms with E-state index in [1.807, 2.05) is 6.07 Å². The van der Waals surface area contributed by atoms with Crippen molar-refractivity contribution in [3.63, 3.8) is 0 Å². The molecule has 1 aromatic rings. The lowest BCUT2D eigenvalue weighted by Crippen LogP contribution is -2.39. The highest BCUT2D eigenvalue weighted by molar-refractivity contribution is 7.16. The van der Waals surface area contributed by atoms with Gasteiger partial charge >= 0.3 is 0 Å². The lowest BCUT2D eigenvalue weighted by atomic mass is 9.99. The number of nitrogens with two attached hydrogens (primary N) is 1. The lowest BCUT2D eigenvalue weighted by molar-refractivity contribution is 0.135. The van der Waals surface area contributed by atoms with E-state index in [2.05, 4.69) is 11.0 Å². The third-order valence-electron chi connectivity index (χ3n) is 3.24. The SMILES string of the molecule is Cl.NCCC1CCCCN1Cc1ccc(Cl)s1. The normalized spacial score (nSPS) is 21.2. The van der Waals surface area contributed by atoms with Crippen LogP contribution in [0.15, 0.2) is 12.1 Å². The second-order valence-corrected chi connectivity index (χ2v) is 6.20. The van der Waals surface area contributed by atoms with Crippen molar-refractivity contribution in [2.45, 2.75) is 38.3 Å². The van der Waals surface area contributed by atoms with Crippen LogP contribution in [0.2, 0.25) is 4.34 Å². The molecule has 0 amide bonds. The number of piperidine rings is 1. The highest BCUT2D eigenvalue weighted by Crippen LogP contribution is 2.26. The van der Waals surface area contributed by atoms with Crippen LogP contribution in [0.25, 0.3) is 0 Å². The predicted octanol–water partition coefficient (Wildman–Crippen LogP) is 3.53. The molecule has 98 valence electrons. The Morgan fingerprint density at radius 1 is 1.41 bits per heavy atom. The van der Waals surface area contributed by atoms with E-state index < -0.39 is 0 Å². The molecule has 0 radical (unpaired) electrons. The molecule has 2 N–H and O–H groups in total. The second-order valence-electron chi connectivity index (χ2n) is 4.40. The van der Waals surface area contributed by atoms with E-state index in [0.29, 0.717) is 6.04 Å². The first-order valence-electron chi connectivity index (χ1n) is 5.98. The molecule has 0 bridgehead atoms. The van der Waals surface area contributed by atoms with Gasteiger partial charge in [0.1, 0.15) is 0 Å². The van der Waals surface area contributed by atoms with Gasteiger partial charge in [0.2, 0.25) is 0 Å². The van der Waals surface area contributed by atoms with Crippen LogP contribution >= 0.6 is 35.3 Å². The monoisotopic (exact) mass is 294 g/mol. The van der Waals surface area contributed by atoms with Gasteiger partial charge in [0.25, 0.3) is 0 Å². The summed E-state index contributed by atoms with van der Waals surface area (Å²) in [6.45, 7) is 3.05. The molecule has 1 aromatic heterocycles. The molecule has 0 saturated carbocycles. The van der Waals surface area contributed by atoms with Crippen LogP contribution in [0, 0.1) is 0 Å². The van der Waals surface area contributed by atoms with Gasteiger partial charge < -0.3 is 5.73 Å². The van der Waals surface area contributed by atoms with Crippen LogP contribution in [0.3, 0.4) is 0 Å². The number of rotatable bonds is 4. The summed E-state index contributed by atoms with van der Waals surface area (Å²) >= 11 is 7.65. The van der Waals surface area contributed by atoms with Crippen molar-refractivity contribution in [2.24, 2.45) is 5.73 Å². The molecule has 1 aliphatic heterocycles. The first kappa shape index (κ1) is 15.3. The molecule has 5 heteroatoms. The number of halogens is 2. The lowest BCUT2D eigenvalue weighted by Gasteiger charge is -2.35. The van der Waals surface area contributed by atoms with Crippen LogP contribution in [-0.2, 0) is 6.54 Å². The molecule has 1 saturated heterocycles. The van der Waals surface area contributed by atoms with Crippen molar-refractivity contribution in [3.8, 4) is 0 Å². The quantitative estimate of drug-likeness (QED) is 0.920. The number of hydrogen-bond acceptors (Lipinski definition) is 3. The Kier molecular flexibility index (Phi) is 6.82. The van der Waals surface area contributed by atoms with Crippen molar-refractivity contribution in [2.75, 3.05) is 13.1 Å². The third kappa shape index (κ3) is 4.42. The highest BCUT2D eigenvalue weighted by Gasteiger charge is 2.21. The zero-order valence-corrected chi connectivity index (χ0v) is 12.3. The Bertz CT molecular complexity index is 328. The van der Waals surface area contributed by atoms with Gasteiger partial charge in [-0.25, -0.2) is 0 Å². The smallest absolute Gasteiger partial charge is 0.0931 e. The van der Waals surface area contributed by atoms with Crippen molar-refractivity contribution >= 4 is 35.3 Å². The standard InChI is InChI=1S/C12H19ClN2S.ClH/c13-12-5-4-11(16-12)9-15-8-2-1-3-10(15)6-7-14;/h4-5,10H,1-3,6-9,14H2;1H. The van der Waals surface area contributed by atoms with Crippen LogP contribution in [-0.4, -0.2) is 24.0 Å². The van der Waals surface area contributed by atoms with E-state index in [4.69, 9.17) is 17.3 Å². The van der Waals surface area contributed by atoms with Crippen molar-refractivity contribution in [3.05, 3.63) is 21.3 Å².